The molecule has 1 nitrogen and oxygen atoms in total. The molecule has 0 N–H and O–H groups in total. The molecule has 0 aromatic rings. The van der Waals surface area contributed by atoms with Gasteiger partial charge in [0.25, 0.3) is 0 Å². The first-order valence-corrected chi connectivity index (χ1v) is 2.89. The summed E-state index contributed by atoms with van der Waals surface area (Å²) in [4.78, 5) is 2.39. The van der Waals surface area contributed by atoms with Crippen LogP contribution in [0, 0.1) is 11.8 Å². The molecule has 1 atom stereocenters. The van der Waals surface area contributed by atoms with Crippen LogP contribution in [0.25, 0.3) is 0 Å². The molecule has 2 rings (SSSR count). The van der Waals surface area contributed by atoms with Crippen molar-refractivity contribution in [2.24, 2.45) is 5.92 Å². The topological polar surface area (TPSA) is 3.24 Å². The molecule has 1 aliphatic heterocycles. The Hall–Kier alpha value is -0.0400. The first-order valence-electron chi connectivity index (χ1n) is 2.89. The van der Waals surface area contributed by atoms with Gasteiger partial charge in [0.1, 0.15) is 0 Å². The van der Waals surface area contributed by atoms with Crippen molar-refractivity contribution in [3.8, 4) is 0 Å². The molecule has 1 aliphatic carbocycles. The monoisotopic (exact) mass is 96.1 g/mol. The second-order valence-corrected chi connectivity index (χ2v) is 2.76. The first kappa shape index (κ1) is 3.90. The number of hydrogen-bond donors (Lipinski definition) is 0. The minimum atomic E-state index is 1.03. The molecule has 1 saturated heterocycles. The minimum Gasteiger partial charge on any atom is -0.305 e. The van der Waals surface area contributed by atoms with Gasteiger partial charge < -0.3 is 4.90 Å². The Labute approximate surface area is 44.3 Å². The van der Waals surface area contributed by atoms with E-state index >= 15 is 0 Å². The van der Waals surface area contributed by atoms with Crippen LogP contribution in [0.5, 0.6) is 0 Å². The highest BCUT2D eigenvalue weighted by atomic mass is 15.1. The molecule has 0 spiro atoms. The molecule has 7 heavy (non-hydrogen) atoms. The highest BCUT2D eigenvalue weighted by Gasteiger charge is 2.44. The smallest absolute Gasteiger partial charge is 0.00442 e. The third-order valence-corrected chi connectivity index (χ3v) is 1.93. The van der Waals surface area contributed by atoms with Gasteiger partial charge in [0, 0.05) is 13.1 Å². The lowest BCUT2D eigenvalue weighted by Gasteiger charge is -2.06. The summed E-state index contributed by atoms with van der Waals surface area (Å²) >= 11 is 0. The fourth-order valence-electron chi connectivity index (χ4n) is 1.43. The van der Waals surface area contributed by atoms with E-state index in [0.29, 0.717) is 0 Å². The predicted molar refractivity (Wildman–Crippen MR) is 28.8 cm³/mol. The number of hydrogen-bond acceptors (Lipinski definition) is 1. The average molecular weight is 96.2 g/mol. The summed E-state index contributed by atoms with van der Waals surface area (Å²) in [5, 5.41) is 0. The summed E-state index contributed by atoms with van der Waals surface area (Å²) in [7, 11) is 2.19. The summed E-state index contributed by atoms with van der Waals surface area (Å²) in [6, 6.07) is 0. The highest BCUT2D eigenvalue weighted by molar-refractivity contribution is 5.20. The molecular formula is C6H10N. The number of rotatable bonds is 0. The Morgan fingerprint density at radius 2 is 2.57 bits per heavy atom. The van der Waals surface area contributed by atoms with Crippen LogP contribution < -0.4 is 0 Å². The third-order valence-electron chi connectivity index (χ3n) is 1.93. The van der Waals surface area contributed by atoms with Crippen molar-refractivity contribution in [1.82, 2.24) is 4.90 Å². The summed E-state index contributed by atoms with van der Waals surface area (Å²) < 4.78 is 0. The normalized spacial score (nSPS) is 41.6. The van der Waals surface area contributed by atoms with Gasteiger partial charge in [0.15, 0.2) is 0 Å². The summed E-state index contributed by atoms with van der Waals surface area (Å²) in [6.07, 6.45) is 1.45. The van der Waals surface area contributed by atoms with Crippen molar-refractivity contribution in [3.63, 3.8) is 0 Å². The number of likely N-dealkylation sites (tertiary alicyclic amines) is 1. The lowest BCUT2D eigenvalue weighted by Crippen LogP contribution is -2.15. The van der Waals surface area contributed by atoms with Crippen LogP contribution in [0.3, 0.4) is 0 Å². The zero-order valence-corrected chi connectivity index (χ0v) is 4.65. The summed E-state index contributed by atoms with van der Waals surface area (Å²) in [5.41, 5.74) is 0. The average Bonchev–Trinajstić information content (AvgIpc) is 2.15. The predicted octanol–water partition coefficient (Wildman–Crippen LogP) is 0.526. The van der Waals surface area contributed by atoms with Crippen LogP contribution in [-0.4, -0.2) is 25.0 Å². The van der Waals surface area contributed by atoms with E-state index in [1.54, 1.807) is 5.92 Å². The van der Waals surface area contributed by atoms with E-state index < -0.39 is 0 Å². The van der Waals surface area contributed by atoms with Crippen molar-refractivity contribution in [1.29, 1.82) is 0 Å². The molecule has 1 heteroatoms. The van der Waals surface area contributed by atoms with Crippen molar-refractivity contribution in [2.75, 3.05) is 20.1 Å². The van der Waals surface area contributed by atoms with Crippen LogP contribution in [0.15, 0.2) is 0 Å². The van der Waals surface area contributed by atoms with Crippen molar-refractivity contribution >= 4 is 0 Å². The van der Waals surface area contributed by atoms with Crippen LogP contribution in [0.2, 0.25) is 0 Å². The minimum absolute atomic E-state index is 1.03. The second kappa shape index (κ2) is 1.03. The molecule has 1 heterocycles. The van der Waals surface area contributed by atoms with Crippen LogP contribution in [-0.2, 0) is 0 Å². The highest BCUT2D eigenvalue weighted by Crippen LogP contribution is 2.46. The van der Waals surface area contributed by atoms with E-state index in [-0.39, 0.29) is 0 Å². The standard InChI is InChI=1S/C6H10N/c1-7-3-5-2-6(5)4-7/h5H,2-4H2,1H3/t5-/m1/s1. The quantitative estimate of drug-likeness (QED) is 0.425. The number of piperidine rings is 1. The van der Waals surface area contributed by atoms with Gasteiger partial charge in [-0.1, -0.05) is 0 Å². The fraction of sp³-hybridized carbons (Fsp3) is 0.833. The molecular weight excluding hydrogens is 86.1 g/mol. The van der Waals surface area contributed by atoms with Crippen molar-refractivity contribution in [2.45, 2.75) is 6.42 Å². The van der Waals surface area contributed by atoms with E-state index in [0.717, 1.165) is 5.92 Å². The van der Waals surface area contributed by atoms with Gasteiger partial charge in [0.2, 0.25) is 0 Å². The molecule has 0 unspecified atom stereocenters. The summed E-state index contributed by atoms with van der Waals surface area (Å²) in [5.74, 6) is 2.83. The Morgan fingerprint density at radius 3 is 2.86 bits per heavy atom. The molecule has 39 valence electrons. The third kappa shape index (κ3) is 0.480. The van der Waals surface area contributed by atoms with Gasteiger partial charge in [0.05, 0.1) is 0 Å². The van der Waals surface area contributed by atoms with Crippen molar-refractivity contribution < 1.29 is 0 Å². The maximum absolute atomic E-state index is 2.39. The van der Waals surface area contributed by atoms with Crippen molar-refractivity contribution in [3.05, 3.63) is 5.92 Å². The van der Waals surface area contributed by atoms with Crippen LogP contribution in [0.4, 0.5) is 0 Å². The number of fused-ring (bicyclic) bond motifs is 1. The zero-order valence-electron chi connectivity index (χ0n) is 4.65. The van der Waals surface area contributed by atoms with Gasteiger partial charge in [-0.2, -0.15) is 0 Å². The zero-order chi connectivity index (χ0) is 4.85. The van der Waals surface area contributed by atoms with E-state index in [9.17, 15) is 0 Å². The van der Waals surface area contributed by atoms with E-state index in [2.05, 4.69) is 11.9 Å². The molecule has 1 saturated carbocycles. The molecule has 0 aromatic heterocycles. The fourth-order valence-corrected chi connectivity index (χ4v) is 1.43. The molecule has 2 fully saturated rings. The molecule has 2 aliphatic rings. The largest absolute Gasteiger partial charge is 0.305 e. The molecule has 1 radical (unpaired) electrons. The van der Waals surface area contributed by atoms with E-state index in [1.807, 2.05) is 0 Å². The maximum Gasteiger partial charge on any atom is 0.00442 e. The van der Waals surface area contributed by atoms with Gasteiger partial charge >= 0.3 is 0 Å². The Bertz CT molecular complexity index is 80.2. The lowest BCUT2D eigenvalue weighted by molar-refractivity contribution is 0.387. The number of nitrogens with zero attached hydrogens (tertiary/aromatic N) is 1. The molecule has 0 bridgehead atoms. The van der Waals surface area contributed by atoms with Crippen LogP contribution >= 0.6 is 0 Å². The Balaban J connectivity index is 2.02. The SMILES string of the molecule is CN1C[C]2C[C@@H]2C1. The van der Waals surface area contributed by atoms with Gasteiger partial charge in [-0.05, 0) is 25.3 Å². The summed E-state index contributed by atoms with van der Waals surface area (Å²) in [6.45, 7) is 2.64. The Morgan fingerprint density at radius 1 is 1.71 bits per heavy atom. The molecule has 0 aromatic carbocycles. The van der Waals surface area contributed by atoms with Gasteiger partial charge in [-0.25, -0.2) is 0 Å². The second-order valence-electron chi connectivity index (χ2n) is 2.76. The van der Waals surface area contributed by atoms with E-state index in [4.69, 9.17) is 0 Å². The maximum atomic E-state index is 2.39. The lowest BCUT2D eigenvalue weighted by atomic mass is 10.4. The van der Waals surface area contributed by atoms with Crippen LogP contribution in [0.1, 0.15) is 6.42 Å². The van der Waals surface area contributed by atoms with Gasteiger partial charge in [-0.15, -0.1) is 0 Å². The first-order chi connectivity index (χ1) is 3.36. The Kier molecular flexibility index (Phi) is 0.571. The molecule has 0 amide bonds. The van der Waals surface area contributed by atoms with E-state index in [1.165, 1.54) is 19.5 Å². The van der Waals surface area contributed by atoms with Gasteiger partial charge in [-0.3, -0.25) is 0 Å².